The van der Waals surface area contributed by atoms with Gasteiger partial charge in [-0.25, -0.2) is 4.98 Å². The third-order valence-corrected chi connectivity index (χ3v) is 4.20. The number of nitrogens with zero attached hydrogens (tertiary/aromatic N) is 3. The van der Waals surface area contributed by atoms with Crippen molar-refractivity contribution in [3.05, 3.63) is 46.4 Å². The second-order valence-corrected chi connectivity index (χ2v) is 5.88. The minimum atomic E-state index is -0.245. The second kappa shape index (κ2) is 6.25. The number of carbonyl (C=O) groups excluding carboxylic acids is 1. The summed E-state index contributed by atoms with van der Waals surface area (Å²) in [5.74, 6) is 0.857. The standard InChI is InChI=1S/C15H14N4O3S/c1-9-7-12(18-22-9)17-13(20)8-23-15-16-11-6-4-3-5-10(11)14(21)19(15)2/h3-7H,8H2,1-2H3,(H,17,18,20). The summed E-state index contributed by atoms with van der Waals surface area (Å²) in [6, 6.07) is 8.76. The number of thioether (sulfide) groups is 1. The number of benzene rings is 1. The van der Waals surface area contributed by atoms with Crippen molar-refractivity contribution in [1.82, 2.24) is 14.7 Å². The quantitative estimate of drug-likeness (QED) is 0.581. The lowest BCUT2D eigenvalue weighted by Crippen LogP contribution is -2.21. The molecule has 2 heterocycles. The summed E-state index contributed by atoms with van der Waals surface area (Å²) in [5.41, 5.74) is 0.483. The smallest absolute Gasteiger partial charge is 0.261 e. The number of carbonyl (C=O) groups is 1. The van der Waals surface area contributed by atoms with Gasteiger partial charge >= 0.3 is 0 Å². The second-order valence-electron chi connectivity index (χ2n) is 4.94. The molecule has 1 aromatic carbocycles. The van der Waals surface area contributed by atoms with Crippen molar-refractivity contribution in [2.45, 2.75) is 12.1 Å². The van der Waals surface area contributed by atoms with E-state index in [2.05, 4.69) is 15.5 Å². The number of nitrogens with one attached hydrogen (secondary N) is 1. The lowest BCUT2D eigenvalue weighted by Gasteiger charge is -2.08. The summed E-state index contributed by atoms with van der Waals surface area (Å²) in [4.78, 5) is 28.6. The topological polar surface area (TPSA) is 90.0 Å². The van der Waals surface area contributed by atoms with Crippen LogP contribution >= 0.6 is 11.8 Å². The molecular formula is C15H14N4O3S. The van der Waals surface area contributed by atoms with Gasteiger partial charge in [0, 0.05) is 13.1 Å². The maximum atomic E-state index is 12.3. The van der Waals surface area contributed by atoms with E-state index in [1.807, 2.05) is 6.07 Å². The van der Waals surface area contributed by atoms with Crippen molar-refractivity contribution in [3.8, 4) is 0 Å². The van der Waals surface area contributed by atoms with Crippen LogP contribution in [0.1, 0.15) is 5.76 Å². The van der Waals surface area contributed by atoms with E-state index in [0.717, 1.165) is 0 Å². The fourth-order valence-electron chi connectivity index (χ4n) is 2.06. The molecule has 0 saturated heterocycles. The van der Waals surface area contributed by atoms with Crippen LogP contribution in [-0.4, -0.2) is 26.4 Å². The molecule has 23 heavy (non-hydrogen) atoms. The molecule has 7 nitrogen and oxygen atoms in total. The normalized spacial score (nSPS) is 10.9. The number of anilines is 1. The molecule has 2 aromatic heterocycles. The molecule has 0 unspecified atom stereocenters. The van der Waals surface area contributed by atoms with Crippen LogP contribution in [0.2, 0.25) is 0 Å². The Morgan fingerprint density at radius 3 is 2.91 bits per heavy atom. The first-order chi connectivity index (χ1) is 11.0. The highest BCUT2D eigenvalue weighted by molar-refractivity contribution is 7.99. The zero-order chi connectivity index (χ0) is 16.4. The van der Waals surface area contributed by atoms with Gasteiger partial charge < -0.3 is 9.84 Å². The number of aryl methyl sites for hydroxylation is 1. The number of aromatic nitrogens is 3. The third kappa shape index (κ3) is 3.26. The van der Waals surface area contributed by atoms with Gasteiger partial charge in [0.15, 0.2) is 11.0 Å². The van der Waals surface area contributed by atoms with E-state index in [9.17, 15) is 9.59 Å². The van der Waals surface area contributed by atoms with Crippen molar-refractivity contribution >= 4 is 34.4 Å². The molecule has 0 fully saturated rings. The summed E-state index contributed by atoms with van der Waals surface area (Å²) in [6.45, 7) is 1.74. The molecule has 0 atom stereocenters. The van der Waals surface area contributed by atoms with Crippen LogP contribution in [0.5, 0.6) is 0 Å². The van der Waals surface area contributed by atoms with Crippen LogP contribution in [0.4, 0.5) is 5.82 Å². The first-order valence-electron chi connectivity index (χ1n) is 6.86. The molecule has 0 aliphatic carbocycles. The molecule has 1 N–H and O–H groups in total. The Labute approximate surface area is 135 Å². The number of rotatable bonds is 4. The minimum Gasteiger partial charge on any atom is -0.360 e. The van der Waals surface area contributed by atoms with Gasteiger partial charge in [-0.1, -0.05) is 29.1 Å². The number of hydrogen-bond donors (Lipinski definition) is 1. The van der Waals surface area contributed by atoms with Crippen molar-refractivity contribution in [3.63, 3.8) is 0 Å². The van der Waals surface area contributed by atoms with Gasteiger partial charge in [0.05, 0.1) is 16.7 Å². The van der Waals surface area contributed by atoms with Crippen LogP contribution in [0, 0.1) is 6.92 Å². The monoisotopic (exact) mass is 330 g/mol. The van der Waals surface area contributed by atoms with Crippen molar-refractivity contribution < 1.29 is 9.32 Å². The summed E-state index contributed by atoms with van der Waals surface area (Å²) in [7, 11) is 1.64. The Morgan fingerprint density at radius 2 is 2.17 bits per heavy atom. The van der Waals surface area contributed by atoms with E-state index in [1.165, 1.54) is 16.3 Å². The molecule has 8 heteroatoms. The zero-order valence-corrected chi connectivity index (χ0v) is 13.4. The first-order valence-corrected chi connectivity index (χ1v) is 7.85. The van der Waals surface area contributed by atoms with Gasteiger partial charge in [-0.05, 0) is 19.1 Å². The summed E-state index contributed by atoms with van der Waals surface area (Å²) < 4.78 is 6.33. The third-order valence-electron chi connectivity index (χ3n) is 3.17. The number of fused-ring (bicyclic) bond motifs is 1. The van der Waals surface area contributed by atoms with Gasteiger partial charge in [-0.2, -0.15) is 0 Å². The fourth-order valence-corrected chi connectivity index (χ4v) is 2.83. The van der Waals surface area contributed by atoms with Crippen molar-refractivity contribution in [2.24, 2.45) is 7.05 Å². The van der Waals surface area contributed by atoms with Crippen molar-refractivity contribution in [2.75, 3.05) is 11.1 Å². The Bertz CT molecular complexity index is 932. The molecule has 0 aliphatic rings. The molecule has 1 amide bonds. The molecule has 0 aliphatic heterocycles. The largest absolute Gasteiger partial charge is 0.360 e. The molecule has 0 bridgehead atoms. The lowest BCUT2D eigenvalue weighted by molar-refractivity contribution is -0.113. The molecule has 118 valence electrons. The highest BCUT2D eigenvalue weighted by atomic mass is 32.2. The van der Waals surface area contributed by atoms with Crippen LogP contribution in [0.3, 0.4) is 0 Å². The summed E-state index contributed by atoms with van der Waals surface area (Å²) in [5, 5.41) is 7.36. The predicted molar refractivity (Wildman–Crippen MR) is 87.6 cm³/mol. The van der Waals surface area contributed by atoms with E-state index in [0.29, 0.717) is 27.6 Å². The van der Waals surface area contributed by atoms with Gasteiger partial charge in [0.1, 0.15) is 5.76 Å². The van der Waals surface area contributed by atoms with Crippen LogP contribution < -0.4 is 10.9 Å². The fraction of sp³-hybridized carbons (Fsp3) is 0.200. The SMILES string of the molecule is Cc1cc(NC(=O)CSc2nc3ccccc3c(=O)n2C)no1. The number of amides is 1. The molecule has 0 radical (unpaired) electrons. The Hall–Kier alpha value is -2.61. The van der Waals surface area contributed by atoms with Crippen LogP contribution in [-0.2, 0) is 11.8 Å². The van der Waals surface area contributed by atoms with Gasteiger partial charge in [-0.15, -0.1) is 0 Å². The van der Waals surface area contributed by atoms with Gasteiger partial charge in [0.2, 0.25) is 5.91 Å². The Kier molecular flexibility index (Phi) is 4.16. The minimum absolute atomic E-state index is 0.116. The molecular weight excluding hydrogens is 316 g/mol. The molecule has 3 rings (SSSR count). The Morgan fingerprint density at radius 1 is 1.39 bits per heavy atom. The first kappa shape index (κ1) is 15.3. The number of hydrogen-bond acceptors (Lipinski definition) is 6. The van der Waals surface area contributed by atoms with E-state index < -0.39 is 0 Å². The predicted octanol–water partition coefficient (Wildman–Crippen LogP) is 1.96. The van der Waals surface area contributed by atoms with Gasteiger partial charge in [-0.3, -0.25) is 14.2 Å². The zero-order valence-electron chi connectivity index (χ0n) is 12.6. The average molecular weight is 330 g/mol. The Balaban J connectivity index is 1.75. The highest BCUT2D eigenvalue weighted by Crippen LogP contribution is 2.17. The maximum Gasteiger partial charge on any atom is 0.261 e. The van der Waals surface area contributed by atoms with Crippen LogP contribution in [0.15, 0.2) is 44.8 Å². The maximum absolute atomic E-state index is 12.3. The summed E-state index contributed by atoms with van der Waals surface area (Å²) in [6.07, 6.45) is 0. The van der Waals surface area contributed by atoms with E-state index in [4.69, 9.17) is 4.52 Å². The summed E-state index contributed by atoms with van der Waals surface area (Å²) >= 11 is 1.19. The van der Waals surface area contributed by atoms with E-state index in [-0.39, 0.29) is 17.2 Å². The highest BCUT2D eigenvalue weighted by Gasteiger charge is 2.11. The molecule has 0 spiro atoms. The molecule has 0 saturated carbocycles. The van der Waals surface area contributed by atoms with E-state index >= 15 is 0 Å². The van der Waals surface area contributed by atoms with E-state index in [1.54, 1.807) is 38.2 Å². The molecule has 3 aromatic rings. The number of para-hydroxylation sites is 1. The van der Waals surface area contributed by atoms with Gasteiger partial charge in [0.25, 0.3) is 5.56 Å². The van der Waals surface area contributed by atoms with Crippen molar-refractivity contribution in [1.29, 1.82) is 0 Å². The average Bonchev–Trinajstić information content (AvgIpc) is 2.94. The lowest BCUT2D eigenvalue weighted by atomic mass is 10.2. The van der Waals surface area contributed by atoms with Crippen LogP contribution in [0.25, 0.3) is 10.9 Å².